The lowest BCUT2D eigenvalue weighted by molar-refractivity contribution is -0.138. The Kier molecular flexibility index (Phi) is 6.27. The number of rotatable bonds is 6. The van der Waals surface area contributed by atoms with Crippen LogP contribution in [0, 0.1) is 0 Å². The standard InChI is InChI=1S/C23H31N3O/c1-23(2,19-10-5-4-6-11-19)22(27)26-16-9-13-21(18-26)25(3)17-14-20-12-7-8-15-24-20/h4-8,10-12,15,21H,9,13-14,16-18H2,1-3H3/t21-/m0/s1. The van der Waals surface area contributed by atoms with Gasteiger partial charge >= 0.3 is 0 Å². The highest BCUT2D eigenvalue weighted by molar-refractivity contribution is 5.87. The average molecular weight is 366 g/mol. The Balaban J connectivity index is 1.60. The number of hydrogen-bond donors (Lipinski definition) is 0. The predicted octanol–water partition coefficient (Wildman–Crippen LogP) is 3.52. The Morgan fingerprint density at radius 3 is 2.63 bits per heavy atom. The first-order valence-corrected chi connectivity index (χ1v) is 9.93. The van der Waals surface area contributed by atoms with Crippen LogP contribution in [0.2, 0.25) is 0 Å². The van der Waals surface area contributed by atoms with E-state index in [4.69, 9.17) is 0 Å². The summed E-state index contributed by atoms with van der Waals surface area (Å²) in [6.07, 6.45) is 5.00. The lowest BCUT2D eigenvalue weighted by Crippen LogP contribution is -2.53. The van der Waals surface area contributed by atoms with Gasteiger partial charge in [0.1, 0.15) is 0 Å². The maximum Gasteiger partial charge on any atom is 0.232 e. The molecule has 1 aliphatic rings. The zero-order chi connectivity index (χ0) is 19.3. The van der Waals surface area contributed by atoms with Crippen LogP contribution >= 0.6 is 0 Å². The van der Waals surface area contributed by atoms with Crippen LogP contribution in [-0.4, -0.2) is 53.4 Å². The minimum absolute atomic E-state index is 0.233. The molecule has 0 aliphatic carbocycles. The summed E-state index contributed by atoms with van der Waals surface area (Å²) in [6, 6.07) is 16.6. The van der Waals surface area contributed by atoms with Crippen LogP contribution in [0.15, 0.2) is 54.7 Å². The zero-order valence-electron chi connectivity index (χ0n) is 16.8. The normalized spacial score (nSPS) is 17.9. The van der Waals surface area contributed by atoms with Crippen molar-refractivity contribution in [2.24, 2.45) is 0 Å². The summed E-state index contributed by atoms with van der Waals surface area (Å²) in [7, 11) is 2.17. The van der Waals surface area contributed by atoms with Gasteiger partial charge in [0, 0.05) is 44.0 Å². The van der Waals surface area contributed by atoms with Crippen LogP contribution in [0.3, 0.4) is 0 Å². The molecule has 4 heteroatoms. The molecule has 2 aromatic rings. The van der Waals surface area contributed by atoms with Crippen molar-refractivity contribution < 1.29 is 4.79 Å². The molecule has 3 rings (SSSR count). The molecule has 1 amide bonds. The largest absolute Gasteiger partial charge is 0.340 e. The molecule has 1 fully saturated rings. The first kappa shape index (κ1) is 19.6. The Labute approximate surface area is 163 Å². The van der Waals surface area contributed by atoms with Crippen LogP contribution in [0.5, 0.6) is 0 Å². The van der Waals surface area contributed by atoms with Crippen LogP contribution in [0.25, 0.3) is 0 Å². The van der Waals surface area contributed by atoms with Gasteiger partial charge in [0.2, 0.25) is 5.91 Å². The minimum Gasteiger partial charge on any atom is -0.340 e. The summed E-state index contributed by atoms with van der Waals surface area (Å²) in [5.41, 5.74) is 1.72. The van der Waals surface area contributed by atoms with E-state index in [1.807, 2.05) is 50.4 Å². The number of hydrogen-bond acceptors (Lipinski definition) is 3. The van der Waals surface area contributed by atoms with E-state index in [0.717, 1.165) is 50.2 Å². The van der Waals surface area contributed by atoms with E-state index < -0.39 is 5.41 Å². The molecule has 4 nitrogen and oxygen atoms in total. The fraction of sp³-hybridized carbons (Fsp3) is 0.478. The molecule has 144 valence electrons. The molecule has 2 heterocycles. The van der Waals surface area contributed by atoms with Crippen LogP contribution < -0.4 is 0 Å². The van der Waals surface area contributed by atoms with Crippen LogP contribution in [-0.2, 0) is 16.6 Å². The van der Waals surface area contributed by atoms with Crippen molar-refractivity contribution in [1.29, 1.82) is 0 Å². The molecule has 0 N–H and O–H groups in total. The second kappa shape index (κ2) is 8.66. The third kappa shape index (κ3) is 4.75. The van der Waals surface area contributed by atoms with E-state index in [0.29, 0.717) is 6.04 Å². The Morgan fingerprint density at radius 1 is 1.19 bits per heavy atom. The van der Waals surface area contributed by atoms with Crippen molar-refractivity contribution in [3.05, 3.63) is 66.0 Å². The second-order valence-electron chi connectivity index (χ2n) is 8.09. The summed E-state index contributed by atoms with van der Waals surface area (Å²) in [6.45, 7) is 6.72. The fourth-order valence-corrected chi connectivity index (χ4v) is 3.89. The van der Waals surface area contributed by atoms with E-state index in [-0.39, 0.29) is 5.91 Å². The number of benzene rings is 1. The third-order valence-corrected chi connectivity index (χ3v) is 5.78. The summed E-state index contributed by atoms with van der Waals surface area (Å²) in [5, 5.41) is 0. The fourth-order valence-electron chi connectivity index (χ4n) is 3.89. The number of likely N-dealkylation sites (tertiary alicyclic amines) is 1. The highest BCUT2D eigenvalue weighted by atomic mass is 16.2. The maximum absolute atomic E-state index is 13.3. The van der Waals surface area contributed by atoms with Crippen molar-refractivity contribution in [2.75, 3.05) is 26.7 Å². The van der Waals surface area contributed by atoms with Gasteiger partial charge in [-0.05, 0) is 51.4 Å². The number of carbonyl (C=O) groups excluding carboxylic acids is 1. The summed E-state index contributed by atoms with van der Waals surface area (Å²) in [4.78, 5) is 22.1. The molecule has 0 saturated carbocycles. The quantitative estimate of drug-likeness (QED) is 0.786. The molecule has 0 unspecified atom stereocenters. The van der Waals surface area contributed by atoms with Gasteiger partial charge in [0.05, 0.1) is 5.41 Å². The molecule has 0 spiro atoms. The number of likely N-dealkylation sites (N-methyl/N-ethyl adjacent to an activating group) is 1. The molecule has 27 heavy (non-hydrogen) atoms. The zero-order valence-corrected chi connectivity index (χ0v) is 16.8. The van der Waals surface area contributed by atoms with Crippen LogP contribution in [0.1, 0.15) is 37.9 Å². The maximum atomic E-state index is 13.3. The summed E-state index contributed by atoms with van der Waals surface area (Å²) in [5.74, 6) is 0.233. The van der Waals surface area contributed by atoms with Gasteiger partial charge in [-0.3, -0.25) is 9.78 Å². The molecule has 1 saturated heterocycles. The third-order valence-electron chi connectivity index (χ3n) is 5.78. The molecule has 1 aromatic heterocycles. The van der Waals surface area contributed by atoms with Gasteiger partial charge in [-0.25, -0.2) is 0 Å². The highest BCUT2D eigenvalue weighted by Gasteiger charge is 2.36. The lowest BCUT2D eigenvalue weighted by Gasteiger charge is -2.41. The monoisotopic (exact) mass is 365 g/mol. The first-order valence-electron chi connectivity index (χ1n) is 9.93. The molecule has 1 atom stereocenters. The number of aromatic nitrogens is 1. The number of amides is 1. The van der Waals surface area contributed by atoms with Crippen molar-refractivity contribution in [3.8, 4) is 0 Å². The summed E-state index contributed by atoms with van der Waals surface area (Å²) >= 11 is 0. The van der Waals surface area contributed by atoms with E-state index in [1.54, 1.807) is 0 Å². The van der Waals surface area contributed by atoms with Gasteiger partial charge in [0.25, 0.3) is 0 Å². The smallest absolute Gasteiger partial charge is 0.232 e. The van der Waals surface area contributed by atoms with Gasteiger partial charge < -0.3 is 9.80 Å². The molecule has 1 aromatic carbocycles. The Hall–Kier alpha value is -2.20. The molecular weight excluding hydrogens is 334 g/mol. The number of pyridine rings is 1. The van der Waals surface area contributed by atoms with E-state index in [1.165, 1.54) is 0 Å². The molecule has 1 aliphatic heterocycles. The van der Waals surface area contributed by atoms with Gasteiger partial charge in [-0.1, -0.05) is 36.4 Å². The highest BCUT2D eigenvalue weighted by Crippen LogP contribution is 2.27. The van der Waals surface area contributed by atoms with Gasteiger partial charge in [-0.2, -0.15) is 0 Å². The van der Waals surface area contributed by atoms with Crippen molar-refractivity contribution >= 4 is 5.91 Å². The van der Waals surface area contributed by atoms with Crippen LogP contribution in [0.4, 0.5) is 0 Å². The Morgan fingerprint density at radius 2 is 1.93 bits per heavy atom. The number of carbonyl (C=O) groups is 1. The minimum atomic E-state index is -0.490. The van der Waals surface area contributed by atoms with E-state index >= 15 is 0 Å². The van der Waals surface area contributed by atoms with E-state index in [2.05, 4.69) is 40.0 Å². The molecule has 0 bridgehead atoms. The predicted molar refractivity (Wildman–Crippen MR) is 110 cm³/mol. The SMILES string of the molecule is CN(CCc1ccccn1)[C@H]1CCCN(C(=O)C(C)(C)c2ccccc2)C1. The average Bonchev–Trinajstić information content (AvgIpc) is 2.73. The topological polar surface area (TPSA) is 36.4 Å². The molecular formula is C23H31N3O. The number of piperidine rings is 1. The molecule has 0 radical (unpaired) electrons. The summed E-state index contributed by atoms with van der Waals surface area (Å²) < 4.78 is 0. The van der Waals surface area contributed by atoms with Gasteiger partial charge in [0.15, 0.2) is 0 Å². The van der Waals surface area contributed by atoms with E-state index in [9.17, 15) is 4.79 Å². The first-order chi connectivity index (χ1) is 13.0. The van der Waals surface area contributed by atoms with Gasteiger partial charge in [-0.15, -0.1) is 0 Å². The van der Waals surface area contributed by atoms with Crippen molar-refractivity contribution in [3.63, 3.8) is 0 Å². The van der Waals surface area contributed by atoms with Crippen molar-refractivity contribution in [2.45, 2.75) is 44.6 Å². The Bertz CT molecular complexity index is 730. The number of nitrogens with zero attached hydrogens (tertiary/aromatic N) is 3. The van der Waals surface area contributed by atoms with Crippen molar-refractivity contribution in [1.82, 2.24) is 14.8 Å². The second-order valence-corrected chi connectivity index (χ2v) is 8.09. The lowest BCUT2D eigenvalue weighted by atomic mass is 9.82.